The van der Waals surface area contributed by atoms with E-state index in [1.807, 2.05) is 39.1 Å². The van der Waals surface area contributed by atoms with E-state index in [-0.39, 0.29) is 5.91 Å². The maximum atomic E-state index is 12.5. The van der Waals surface area contributed by atoms with Gasteiger partial charge in [0.2, 0.25) is 0 Å². The molecular formula is C20H26BrN2O2+. The fourth-order valence-corrected chi connectivity index (χ4v) is 3.52. The second-order valence-corrected chi connectivity index (χ2v) is 7.50. The van der Waals surface area contributed by atoms with Gasteiger partial charge in [-0.1, -0.05) is 33.6 Å². The number of rotatable bonds is 6. The average Bonchev–Trinajstić information content (AvgIpc) is 2.51. The Morgan fingerprint density at radius 1 is 1.16 bits per heavy atom. The molecule has 0 bridgehead atoms. The molecule has 0 aliphatic carbocycles. The Morgan fingerprint density at radius 2 is 1.80 bits per heavy atom. The zero-order chi connectivity index (χ0) is 18.6. The predicted octanol–water partition coefficient (Wildman–Crippen LogP) is 3.04. The van der Waals surface area contributed by atoms with E-state index in [2.05, 4.69) is 40.3 Å². The second kappa shape index (κ2) is 8.50. The fraction of sp³-hybridized carbons (Fsp3) is 0.350. The summed E-state index contributed by atoms with van der Waals surface area (Å²) < 4.78 is 6.42. The van der Waals surface area contributed by atoms with E-state index in [9.17, 15) is 4.79 Å². The van der Waals surface area contributed by atoms with Crippen molar-refractivity contribution in [1.82, 2.24) is 0 Å². The predicted molar refractivity (Wildman–Crippen MR) is 105 cm³/mol. The van der Waals surface area contributed by atoms with Gasteiger partial charge in [0.1, 0.15) is 12.3 Å². The molecule has 0 saturated carbocycles. The maximum absolute atomic E-state index is 12.5. The number of carbonyl (C=O) groups excluding carboxylic acids is 1. The monoisotopic (exact) mass is 405 g/mol. The third-order valence-electron chi connectivity index (χ3n) is 4.14. The van der Waals surface area contributed by atoms with Gasteiger partial charge in [-0.15, -0.1) is 0 Å². The van der Waals surface area contributed by atoms with Crippen molar-refractivity contribution < 1.29 is 14.4 Å². The molecule has 2 rings (SSSR count). The fourth-order valence-electron chi connectivity index (χ4n) is 3.11. The van der Waals surface area contributed by atoms with Gasteiger partial charge in [0.05, 0.1) is 14.2 Å². The summed E-state index contributed by atoms with van der Waals surface area (Å²) in [6.07, 6.45) is 0. The third-order valence-corrected chi connectivity index (χ3v) is 4.63. The van der Waals surface area contributed by atoms with E-state index < -0.39 is 0 Å². The SMILES string of the molecule is COc1ccc(Br)cc1C[NH+](C)CC(=O)Nc1c(C)cc(C)cc1C. The third kappa shape index (κ3) is 5.31. The first-order chi connectivity index (χ1) is 11.8. The number of halogens is 1. The molecule has 0 heterocycles. The molecule has 5 heteroatoms. The molecule has 1 unspecified atom stereocenters. The number of hydrogen-bond donors (Lipinski definition) is 2. The highest BCUT2D eigenvalue weighted by molar-refractivity contribution is 9.10. The maximum Gasteiger partial charge on any atom is 0.279 e. The van der Waals surface area contributed by atoms with E-state index >= 15 is 0 Å². The standard InChI is InChI=1S/C20H25BrN2O2/c1-13-8-14(2)20(15(3)9-13)22-19(24)12-23(4)11-16-10-17(21)6-7-18(16)25-5/h6-10H,11-12H2,1-5H3,(H,22,24)/p+1. The van der Waals surface area contributed by atoms with Crippen molar-refractivity contribution >= 4 is 27.5 Å². The van der Waals surface area contributed by atoms with Crippen LogP contribution >= 0.6 is 15.9 Å². The highest BCUT2D eigenvalue weighted by Gasteiger charge is 2.15. The lowest BCUT2D eigenvalue weighted by Crippen LogP contribution is -3.08. The zero-order valence-electron chi connectivity index (χ0n) is 15.5. The summed E-state index contributed by atoms with van der Waals surface area (Å²) >= 11 is 3.49. The zero-order valence-corrected chi connectivity index (χ0v) is 17.1. The first-order valence-corrected chi connectivity index (χ1v) is 9.11. The molecule has 0 spiro atoms. The molecule has 1 atom stereocenters. The summed E-state index contributed by atoms with van der Waals surface area (Å²) in [6, 6.07) is 10.1. The Morgan fingerprint density at radius 3 is 2.40 bits per heavy atom. The molecule has 4 nitrogen and oxygen atoms in total. The topological polar surface area (TPSA) is 42.8 Å². The quantitative estimate of drug-likeness (QED) is 0.775. The second-order valence-electron chi connectivity index (χ2n) is 6.59. The summed E-state index contributed by atoms with van der Waals surface area (Å²) in [4.78, 5) is 13.5. The van der Waals surface area contributed by atoms with Gasteiger partial charge in [0.25, 0.3) is 5.91 Å². The van der Waals surface area contributed by atoms with Crippen LogP contribution in [-0.2, 0) is 11.3 Å². The van der Waals surface area contributed by atoms with Crippen LogP contribution in [0.5, 0.6) is 5.75 Å². The molecule has 0 saturated heterocycles. The molecule has 0 fully saturated rings. The number of ether oxygens (including phenoxy) is 1. The molecule has 2 aromatic carbocycles. The van der Waals surface area contributed by atoms with E-state index in [4.69, 9.17) is 4.74 Å². The van der Waals surface area contributed by atoms with Gasteiger partial charge in [-0.25, -0.2) is 0 Å². The average molecular weight is 406 g/mol. The van der Waals surface area contributed by atoms with Gasteiger partial charge in [-0.05, 0) is 50.1 Å². The molecule has 0 aliphatic rings. The van der Waals surface area contributed by atoms with Crippen molar-refractivity contribution in [2.45, 2.75) is 27.3 Å². The van der Waals surface area contributed by atoms with Gasteiger partial charge in [0.15, 0.2) is 6.54 Å². The van der Waals surface area contributed by atoms with Crippen LogP contribution in [0.1, 0.15) is 22.3 Å². The lowest BCUT2D eigenvalue weighted by molar-refractivity contribution is -0.885. The Kier molecular flexibility index (Phi) is 6.62. The van der Waals surface area contributed by atoms with Gasteiger partial charge >= 0.3 is 0 Å². The van der Waals surface area contributed by atoms with Crippen molar-refractivity contribution in [1.29, 1.82) is 0 Å². The Bertz CT molecular complexity index is 751. The first kappa shape index (κ1) is 19.5. The Balaban J connectivity index is 2.03. The lowest BCUT2D eigenvalue weighted by Gasteiger charge is -2.17. The highest BCUT2D eigenvalue weighted by atomic mass is 79.9. The van der Waals surface area contributed by atoms with Crippen LogP contribution in [-0.4, -0.2) is 26.6 Å². The van der Waals surface area contributed by atoms with Crippen LogP contribution in [0.3, 0.4) is 0 Å². The van der Waals surface area contributed by atoms with E-state index in [0.29, 0.717) is 13.1 Å². The van der Waals surface area contributed by atoms with Crippen LogP contribution in [0.15, 0.2) is 34.8 Å². The molecule has 2 aromatic rings. The highest BCUT2D eigenvalue weighted by Crippen LogP contribution is 2.23. The molecule has 0 aromatic heterocycles. The molecule has 134 valence electrons. The summed E-state index contributed by atoms with van der Waals surface area (Å²) in [5.41, 5.74) is 5.39. The van der Waals surface area contributed by atoms with E-state index in [1.54, 1.807) is 7.11 Å². The molecular weight excluding hydrogens is 380 g/mol. The van der Waals surface area contributed by atoms with E-state index in [0.717, 1.165) is 37.5 Å². The largest absolute Gasteiger partial charge is 0.496 e. The number of hydrogen-bond acceptors (Lipinski definition) is 2. The summed E-state index contributed by atoms with van der Waals surface area (Å²) in [6.45, 7) is 7.22. The summed E-state index contributed by atoms with van der Waals surface area (Å²) in [5.74, 6) is 0.856. The minimum absolute atomic E-state index is 0.0153. The van der Waals surface area contributed by atoms with E-state index in [1.165, 1.54) is 5.56 Å². The molecule has 2 N–H and O–H groups in total. The lowest BCUT2D eigenvalue weighted by atomic mass is 10.1. The number of nitrogens with one attached hydrogen (secondary N) is 2. The van der Waals surface area contributed by atoms with Crippen molar-refractivity contribution in [3.63, 3.8) is 0 Å². The number of aryl methyl sites for hydroxylation is 3. The molecule has 25 heavy (non-hydrogen) atoms. The normalized spacial score (nSPS) is 11.9. The van der Waals surface area contributed by atoms with Crippen LogP contribution in [0.25, 0.3) is 0 Å². The van der Waals surface area contributed by atoms with Crippen LogP contribution < -0.4 is 15.0 Å². The number of quaternary nitrogens is 1. The number of carbonyl (C=O) groups is 1. The van der Waals surface area contributed by atoms with Crippen LogP contribution in [0.2, 0.25) is 0 Å². The van der Waals surface area contributed by atoms with Crippen molar-refractivity contribution in [3.05, 3.63) is 57.1 Å². The number of anilines is 1. The number of methoxy groups -OCH3 is 1. The minimum atomic E-state index is 0.0153. The molecule has 0 radical (unpaired) electrons. The Hall–Kier alpha value is -1.85. The molecule has 1 amide bonds. The van der Waals surface area contributed by atoms with Gasteiger partial charge < -0.3 is 15.0 Å². The van der Waals surface area contributed by atoms with Crippen molar-refractivity contribution in [2.75, 3.05) is 26.0 Å². The smallest absolute Gasteiger partial charge is 0.279 e. The summed E-state index contributed by atoms with van der Waals surface area (Å²) in [7, 11) is 3.67. The van der Waals surface area contributed by atoms with Crippen LogP contribution in [0.4, 0.5) is 5.69 Å². The van der Waals surface area contributed by atoms with Gasteiger partial charge in [-0.2, -0.15) is 0 Å². The molecule has 0 aliphatic heterocycles. The first-order valence-electron chi connectivity index (χ1n) is 8.31. The Labute approximate surface area is 158 Å². The van der Waals surface area contributed by atoms with Gasteiger partial charge in [-0.3, -0.25) is 4.79 Å². The van der Waals surface area contributed by atoms with Crippen molar-refractivity contribution in [3.8, 4) is 5.75 Å². The number of likely N-dealkylation sites (N-methyl/N-ethyl adjacent to an activating group) is 1. The van der Waals surface area contributed by atoms with Crippen molar-refractivity contribution in [2.24, 2.45) is 0 Å². The van der Waals surface area contributed by atoms with Gasteiger partial charge in [0, 0.05) is 15.7 Å². The number of amides is 1. The van der Waals surface area contributed by atoms with Crippen LogP contribution in [0, 0.1) is 20.8 Å². The minimum Gasteiger partial charge on any atom is -0.496 e. The summed E-state index contributed by atoms with van der Waals surface area (Å²) in [5, 5.41) is 3.06. The number of benzene rings is 2.